The molecule has 0 atom stereocenters. The van der Waals surface area contributed by atoms with Crippen LogP contribution >= 0.6 is 11.8 Å². The van der Waals surface area contributed by atoms with E-state index in [2.05, 4.69) is 88.4 Å². The Morgan fingerprint density at radius 1 is 0.759 bits per heavy atom. The van der Waals surface area contributed by atoms with E-state index in [1.54, 1.807) is 11.8 Å². The molecule has 0 aliphatic heterocycles. The molecule has 0 bridgehead atoms. The number of rotatable bonds is 8. The fourth-order valence-electron chi connectivity index (χ4n) is 3.34. The van der Waals surface area contributed by atoms with Crippen LogP contribution in [-0.2, 0) is 12.8 Å². The predicted octanol–water partition coefficient (Wildman–Crippen LogP) is 6.22. The number of hydrogen-bond donors (Lipinski definition) is 0. The minimum absolute atomic E-state index is 0.889. The normalized spacial score (nSPS) is 10.9. The number of aromatic nitrogens is 3. The maximum Gasteiger partial charge on any atom is 0.196 e. The molecule has 0 aliphatic carbocycles. The Kier molecular flexibility index (Phi) is 6.42. The molecule has 0 saturated carbocycles. The standard InChI is InChI=1S/C25H25N3S/c1-2-20-15-17-23(18-16-20)28-24(22-13-7-4-8-14-22)26-27-25(28)29-19-9-12-21-10-5-3-6-11-21/h3-8,10-11,13-18H,2,9,12,19H2,1H3. The van der Waals surface area contributed by atoms with E-state index in [-0.39, 0.29) is 0 Å². The molecule has 0 aliphatic rings. The molecule has 3 nitrogen and oxygen atoms in total. The monoisotopic (exact) mass is 399 g/mol. The van der Waals surface area contributed by atoms with Crippen molar-refractivity contribution in [3.05, 3.63) is 96.1 Å². The second-order valence-corrected chi connectivity index (χ2v) is 8.03. The summed E-state index contributed by atoms with van der Waals surface area (Å²) in [5, 5.41) is 10.0. The third kappa shape index (κ3) is 4.77. The van der Waals surface area contributed by atoms with E-state index < -0.39 is 0 Å². The highest BCUT2D eigenvalue weighted by Gasteiger charge is 2.16. The second kappa shape index (κ2) is 9.57. The third-order valence-corrected chi connectivity index (χ3v) is 5.97. The molecule has 0 fully saturated rings. The van der Waals surface area contributed by atoms with Crippen molar-refractivity contribution < 1.29 is 0 Å². The van der Waals surface area contributed by atoms with Crippen LogP contribution in [0.4, 0.5) is 0 Å². The Hall–Kier alpha value is -2.85. The average molecular weight is 400 g/mol. The van der Waals surface area contributed by atoms with E-state index in [1.807, 2.05) is 18.2 Å². The van der Waals surface area contributed by atoms with Gasteiger partial charge >= 0.3 is 0 Å². The van der Waals surface area contributed by atoms with Crippen LogP contribution in [0.5, 0.6) is 0 Å². The fraction of sp³-hybridized carbons (Fsp3) is 0.200. The number of hydrogen-bond acceptors (Lipinski definition) is 3. The second-order valence-electron chi connectivity index (χ2n) is 6.97. The zero-order chi connectivity index (χ0) is 19.9. The Labute approximate surface area is 176 Å². The molecule has 1 heterocycles. The van der Waals surface area contributed by atoms with Gasteiger partial charge in [0.1, 0.15) is 0 Å². The topological polar surface area (TPSA) is 30.7 Å². The van der Waals surface area contributed by atoms with Crippen molar-refractivity contribution in [1.29, 1.82) is 0 Å². The Bertz CT molecular complexity index is 1020. The van der Waals surface area contributed by atoms with Crippen molar-refractivity contribution in [3.8, 4) is 17.1 Å². The van der Waals surface area contributed by atoms with Crippen LogP contribution in [0.3, 0.4) is 0 Å². The van der Waals surface area contributed by atoms with Crippen molar-refractivity contribution in [2.75, 3.05) is 5.75 Å². The first-order chi connectivity index (χ1) is 14.3. The zero-order valence-corrected chi connectivity index (χ0v) is 17.5. The zero-order valence-electron chi connectivity index (χ0n) is 16.7. The van der Waals surface area contributed by atoms with E-state index in [0.29, 0.717) is 0 Å². The first-order valence-electron chi connectivity index (χ1n) is 10.1. The molecule has 0 unspecified atom stereocenters. The summed E-state index contributed by atoms with van der Waals surface area (Å²) in [6.07, 6.45) is 3.23. The highest BCUT2D eigenvalue weighted by molar-refractivity contribution is 7.99. The van der Waals surface area contributed by atoms with Gasteiger partial charge in [0.05, 0.1) is 0 Å². The molecule has 0 spiro atoms. The van der Waals surface area contributed by atoms with E-state index in [4.69, 9.17) is 0 Å². The molecule has 4 aromatic rings. The summed E-state index contributed by atoms with van der Waals surface area (Å²) in [6.45, 7) is 2.18. The molecular weight excluding hydrogens is 374 g/mol. The van der Waals surface area contributed by atoms with E-state index in [9.17, 15) is 0 Å². The van der Waals surface area contributed by atoms with Gasteiger partial charge in [-0.2, -0.15) is 0 Å². The van der Waals surface area contributed by atoms with Crippen LogP contribution in [0.15, 0.2) is 90.1 Å². The van der Waals surface area contributed by atoms with Crippen molar-refractivity contribution >= 4 is 11.8 Å². The molecule has 0 saturated heterocycles. The lowest BCUT2D eigenvalue weighted by molar-refractivity contribution is 0.874. The Morgan fingerprint density at radius 2 is 1.45 bits per heavy atom. The minimum Gasteiger partial charge on any atom is -0.270 e. The van der Waals surface area contributed by atoms with Gasteiger partial charge in [0.2, 0.25) is 0 Å². The molecule has 3 aromatic carbocycles. The number of nitrogens with zero attached hydrogens (tertiary/aromatic N) is 3. The van der Waals surface area contributed by atoms with Crippen molar-refractivity contribution in [1.82, 2.24) is 14.8 Å². The third-order valence-electron chi connectivity index (χ3n) is 4.95. The lowest BCUT2D eigenvalue weighted by Gasteiger charge is -2.11. The van der Waals surface area contributed by atoms with Crippen LogP contribution in [-0.4, -0.2) is 20.5 Å². The van der Waals surface area contributed by atoms with Gasteiger partial charge in [-0.05, 0) is 42.5 Å². The molecule has 4 heteroatoms. The summed E-state index contributed by atoms with van der Waals surface area (Å²) in [5.41, 5.74) is 4.90. The van der Waals surface area contributed by atoms with Gasteiger partial charge in [-0.1, -0.05) is 91.5 Å². The van der Waals surface area contributed by atoms with E-state index in [1.165, 1.54) is 11.1 Å². The SMILES string of the molecule is CCc1ccc(-n2c(SCCCc3ccccc3)nnc2-c2ccccc2)cc1. The molecule has 0 N–H and O–H groups in total. The number of benzene rings is 3. The summed E-state index contributed by atoms with van der Waals surface area (Å²) < 4.78 is 2.18. The fourth-order valence-corrected chi connectivity index (χ4v) is 4.23. The highest BCUT2D eigenvalue weighted by atomic mass is 32.2. The quantitative estimate of drug-likeness (QED) is 0.260. The van der Waals surface area contributed by atoms with Crippen LogP contribution < -0.4 is 0 Å². The summed E-state index contributed by atoms with van der Waals surface area (Å²) in [4.78, 5) is 0. The van der Waals surface area contributed by atoms with E-state index >= 15 is 0 Å². The predicted molar refractivity (Wildman–Crippen MR) is 122 cm³/mol. The van der Waals surface area contributed by atoms with E-state index in [0.717, 1.165) is 47.2 Å². The molecular formula is C25H25N3S. The summed E-state index contributed by atoms with van der Waals surface area (Å²) in [5.74, 6) is 1.90. The first-order valence-corrected chi connectivity index (χ1v) is 11.1. The number of thioether (sulfide) groups is 1. The largest absolute Gasteiger partial charge is 0.270 e. The highest BCUT2D eigenvalue weighted by Crippen LogP contribution is 2.28. The first kappa shape index (κ1) is 19.5. The summed E-state index contributed by atoms with van der Waals surface area (Å²) in [6, 6.07) is 29.7. The maximum absolute atomic E-state index is 4.53. The molecule has 1 aromatic heterocycles. The van der Waals surface area contributed by atoms with Crippen molar-refractivity contribution in [3.63, 3.8) is 0 Å². The van der Waals surface area contributed by atoms with Gasteiger partial charge in [-0.15, -0.1) is 10.2 Å². The van der Waals surface area contributed by atoms with Gasteiger partial charge in [0.25, 0.3) is 0 Å². The van der Waals surface area contributed by atoms with Gasteiger partial charge in [-0.3, -0.25) is 4.57 Å². The maximum atomic E-state index is 4.53. The van der Waals surface area contributed by atoms with Crippen LogP contribution in [0, 0.1) is 0 Å². The Morgan fingerprint density at radius 3 is 2.14 bits per heavy atom. The summed E-state index contributed by atoms with van der Waals surface area (Å²) >= 11 is 1.78. The van der Waals surface area contributed by atoms with Gasteiger partial charge in [0.15, 0.2) is 11.0 Å². The molecule has 146 valence electrons. The molecule has 0 amide bonds. The van der Waals surface area contributed by atoms with Crippen LogP contribution in [0.2, 0.25) is 0 Å². The molecule has 29 heavy (non-hydrogen) atoms. The smallest absolute Gasteiger partial charge is 0.196 e. The minimum atomic E-state index is 0.889. The van der Waals surface area contributed by atoms with Crippen LogP contribution in [0.1, 0.15) is 24.5 Å². The lowest BCUT2D eigenvalue weighted by atomic mass is 10.1. The number of aryl methyl sites for hydroxylation is 2. The van der Waals surface area contributed by atoms with Gasteiger partial charge in [0, 0.05) is 17.0 Å². The lowest BCUT2D eigenvalue weighted by Crippen LogP contribution is -2.00. The summed E-state index contributed by atoms with van der Waals surface area (Å²) in [7, 11) is 0. The van der Waals surface area contributed by atoms with Gasteiger partial charge in [-0.25, -0.2) is 0 Å². The van der Waals surface area contributed by atoms with Crippen molar-refractivity contribution in [2.45, 2.75) is 31.3 Å². The van der Waals surface area contributed by atoms with Crippen LogP contribution in [0.25, 0.3) is 17.1 Å². The van der Waals surface area contributed by atoms with Crippen molar-refractivity contribution in [2.24, 2.45) is 0 Å². The Balaban J connectivity index is 1.57. The molecule has 4 rings (SSSR count). The average Bonchev–Trinajstić information content (AvgIpc) is 3.22. The van der Waals surface area contributed by atoms with Gasteiger partial charge < -0.3 is 0 Å². The molecule has 0 radical (unpaired) electrons.